The zero-order valence-corrected chi connectivity index (χ0v) is 25.6. The maximum Gasteiger partial charge on any atom is 0.345 e. The van der Waals surface area contributed by atoms with Gasteiger partial charge in [-0.1, -0.05) is 86.7 Å². The smallest absolute Gasteiger partial charge is 0.345 e. The highest BCUT2D eigenvalue weighted by atomic mass is 35.7. The number of halogens is 1. The summed E-state index contributed by atoms with van der Waals surface area (Å²) >= 11 is 0. The van der Waals surface area contributed by atoms with Crippen LogP contribution in [0.4, 0.5) is 0 Å². The van der Waals surface area contributed by atoms with E-state index in [2.05, 4.69) is 12.1 Å². The van der Waals surface area contributed by atoms with Gasteiger partial charge in [0.25, 0.3) is 0 Å². The van der Waals surface area contributed by atoms with E-state index >= 15 is 0 Å². The normalized spacial score (nSPS) is 13.7. The molecule has 0 spiro atoms. The summed E-state index contributed by atoms with van der Waals surface area (Å²) in [7, 11) is 6.93. The Kier molecular flexibility index (Phi) is 8.80. The molecule has 4 aromatic rings. The summed E-state index contributed by atoms with van der Waals surface area (Å²) < 4.78 is 21.1. The van der Waals surface area contributed by atoms with Gasteiger partial charge in [0.15, 0.2) is 13.2 Å². The minimum absolute atomic E-state index is 0.159. The molecule has 0 aromatic heterocycles. The van der Waals surface area contributed by atoms with Crippen LogP contribution in [-0.2, 0) is 40.6 Å². The fraction of sp³-hybridized carbons (Fsp3) is 0.206. The molecule has 0 saturated carbocycles. The third kappa shape index (κ3) is 6.26. The number of rotatable bonds is 10. The second kappa shape index (κ2) is 12.5. The Morgan fingerprint density at radius 2 is 1.28 bits per heavy atom. The van der Waals surface area contributed by atoms with Crippen molar-refractivity contribution in [3.63, 3.8) is 0 Å². The number of esters is 3. The summed E-state index contributed by atoms with van der Waals surface area (Å²) in [6, 6.07) is 30.9. The minimum atomic E-state index is -2.11. The molecule has 0 N–H and O–H groups in total. The largest absolute Gasteiger partial charge is 0.496 e. The fourth-order valence-corrected chi connectivity index (χ4v) is 8.94. The quantitative estimate of drug-likeness (QED) is 0.137. The van der Waals surface area contributed by atoms with Gasteiger partial charge >= 0.3 is 17.9 Å². The molecule has 0 saturated heterocycles. The van der Waals surface area contributed by atoms with Gasteiger partial charge in [-0.15, -0.1) is 0 Å². The third-order valence-corrected chi connectivity index (χ3v) is 11.5. The SMILES string of the molecule is COc1ccc(S2(Cl)c3ccccc3-c3ccccc32)cc1CC(=O)OCC(=O)OCC(=O)OC(C)(C)c1ccccc1. The number of methoxy groups -OCH3 is 1. The van der Waals surface area contributed by atoms with E-state index in [-0.39, 0.29) is 6.42 Å². The van der Waals surface area contributed by atoms with Crippen molar-refractivity contribution in [3.05, 3.63) is 108 Å². The number of benzene rings is 4. The summed E-state index contributed by atoms with van der Waals surface area (Å²) in [4.78, 5) is 40.2. The molecule has 43 heavy (non-hydrogen) atoms. The lowest BCUT2D eigenvalue weighted by atomic mass is 9.98. The average Bonchev–Trinajstić information content (AvgIpc) is 3.28. The van der Waals surface area contributed by atoms with E-state index in [1.165, 1.54) is 7.11 Å². The van der Waals surface area contributed by atoms with Crippen molar-refractivity contribution >= 4 is 37.8 Å². The van der Waals surface area contributed by atoms with Crippen LogP contribution in [-0.4, -0.2) is 38.2 Å². The van der Waals surface area contributed by atoms with Gasteiger partial charge in [0, 0.05) is 20.2 Å². The summed E-state index contributed by atoms with van der Waals surface area (Å²) in [5.74, 6) is -1.76. The van der Waals surface area contributed by atoms with Crippen LogP contribution in [0.3, 0.4) is 0 Å². The van der Waals surface area contributed by atoms with Gasteiger partial charge in [-0.2, -0.15) is 0 Å². The van der Waals surface area contributed by atoms with Crippen molar-refractivity contribution in [2.75, 3.05) is 20.3 Å². The molecular weight excluding hydrogens is 588 g/mol. The molecule has 1 heterocycles. The Morgan fingerprint density at radius 3 is 1.91 bits per heavy atom. The zero-order chi connectivity index (χ0) is 30.6. The highest BCUT2D eigenvalue weighted by molar-refractivity contribution is 8.51. The molecule has 222 valence electrons. The molecule has 0 fully saturated rings. The number of carbonyl (C=O) groups excluding carboxylic acids is 3. The van der Waals surface area contributed by atoms with Crippen molar-refractivity contribution in [3.8, 4) is 16.9 Å². The standard InChI is InChI=1S/C34H31ClO7S/c1-34(2,24-11-5-4-6-12-24)42-33(38)22-41-32(37)21-40-31(36)20-23-19-25(17-18-28(23)39-3)43(35)29-15-9-7-13-26(29)27-14-8-10-16-30(27)43/h4-19H,20-22H2,1-3H3. The Balaban J connectivity index is 1.22. The Labute approximate surface area is 256 Å². The summed E-state index contributed by atoms with van der Waals surface area (Å²) in [6.07, 6.45) is -0.159. The van der Waals surface area contributed by atoms with Gasteiger partial charge in [-0.3, -0.25) is 4.79 Å². The first-order valence-corrected chi connectivity index (χ1v) is 16.1. The number of ether oxygens (including phenoxy) is 4. The lowest BCUT2D eigenvalue weighted by molar-refractivity contribution is -0.171. The van der Waals surface area contributed by atoms with E-state index in [1.54, 1.807) is 19.9 Å². The van der Waals surface area contributed by atoms with Crippen LogP contribution in [0, 0.1) is 0 Å². The third-order valence-electron chi connectivity index (χ3n) is 7.12. The molecule has 0 aliphatic carbocycles. The topological polar surface area (TPSA) is 88.1 Å². The van der Waals surface area contributed by atoms with E-state index in [1.807, 2.05) is 78.9 Å². The summed E-state index contributed by atoms with van der Waals surface area (Å²) in [5.41, 5.74) is 2.64. The van der Waals surface area contributed by atoms with Gasteiger partial charge in [0.2, 0.25) is 0 Å². The van der Waals surface area contributed by atoms with Gasteiger partial charge in [0.05, 0.1) is 13.5 Å². The molecule has 9 heteroatoms. The molecule has 5 rings (SSSR count). The number of carbonyl (C=O) groups is 3. The number of hydrogen-bond acceptors (Lipinski definition) is 7. The van der Waals surface area contributed by atoms with Gasteiger partial charge in [-0.25, -0.2) is 9.59 Å². The van der Waals surface area contributed by atoms with Crippen molar-refractivity contribution in [2.45, 2.75) is 40.6 Å². The van der Waals surface area contributed by atoms with E-state index in [0.29, 0.717) is 11.3 Å². The van der Waals surface area contributed by atoms with Crippen molar-refractivity contribution in [2.24, 2.45) is 0 Å². The van der Waals surface area contributed by atoms with E-state index < -0.39 is 46.0 Å². The minimum Gasteiger partial charge on any atom is -0.496 e. The Hall–Kier alpha value is -4.27. The van der Waals surface area contributed by atoms with Crippen LogP contribution in [0.5, 0.6) is 5.75 Å². The number of hydrogen-bond donors (Lipinski definition) is 0. The first kappa shape index (κ1) is 30.2. The van der Waals surface area contributed by atoms with Crippen LogP contribution >= 0.6 is 19.9 Å². The van der Waals surface area contributed by atoms with Crippen molar-refractivity contribution < 1.29 is 33.3 Å². The molecule has 0 atom stereocenters. The van der Waals surface area contributed by atoms with Crippen LogP contribution in [0.2, 0.25) is 0 Å². The molecule has 0 amide bonds. The first-order chi connectivity index (χ1) is 20.6. The molecular formula is C34H31ClO7S. The molecule has 0 radical (unpaired) electrons. The number of fused-ring (bicyclic) bond motifs is 3. The molecule has 4 aromatic carbocycles. The predicted molar refractivity (Wildman–Crippen MR) is 164 cm³/mol. The van der Waals surface area contributed by atoms with Crippen LogP contribution in [0.1, 0.15) is 25.0 Å². The van der Waals surface area contributed by atoms with Gasteiger partial charge in [-0.05, 0) is 60.9 Å². The summed E-state index contributed by atoms with van der Waals surface area (Å²) in [5, 5.41) is 0. The predicted octanol–water partition coefficient (Wildman–Crippen LogP) is 7.22. The molecule has 1 aliphatic rings. The second-order valence-corrected chi connectivity index (χ2v) is 14.2. The van der Waals surface area contributed by atoms with Gasteiger partial charge < -0.3 is 18.9 Å². The van der Waals surface area contributed by atoms with E-state index in [0.717, 1.165) is 31.4 Å². The second-order valence-electron chi connectivity index (χ2n) is 10.4. The maximum absolute atomic E-state index is 12.8. The molecule has 7 nitrogen and oxygen atoms in total. The monoisotopic (exact) mass is 618 g/mol. The Morgan fingerprint density at radius 1 is 0.721 bits per heavy atom. The average molecular weight is 619 g/mol. The highest BCUT2D eigenvalue weighted by Gasteiger charge is 2.39. The van der Waals surface area contributed by atoms with Crippen LogP contribution in [0.15, 0.2) is 112 Å². The lowest BCUT2D eigenvalue weighted by Gasteiger charge is -2.31. The van der Waals surface area contributed by atoms with Gasteiger partial charge in [0.1, 0.15) is 11.4 Å². The molecule has 1 aliphatic heterocycles. The first-order valence-electron chi connectivity index (χ1n) is 13.6. The van der Waals surface area contributed by atoms with E-state index in [4.69, 9.17) is 29.6 Å². The lowest BCUT2D eigenvalue weighted by Crippen LogP contribution is -2.29. The molecule has 0 bridgehead atoms. The maximum atomic E-state index is 12.8. The van der Waals surface area contributed by atoms with E-state index in [9.17, 15) is 14.4 Å². The Bertz CT molecular complexity index is 1620. The zero-order valence-electron chi connectivity index (χ0n) is 24.0. The summed E-state index contributed by atoms with van der Waals surface area (Å²) in [6.45, 7) is 2.23. The fourth-order valence-electron chi connectivity index (χ4n) is 5.05. The molecule has 0 unspecified atom stereocenters. The van der Waals surface area contributed by atoms with Crippen LogP contribution in [0.25, 0.3) is 11.1 Å². The van der Waals surface area contributed by atoms with Crippen LogP contribution < -0.4 is 4.74 Å². The van der Waals surface area contributed by atoms with Crippen molar-refractivity contribution in [1.29, 1.82) is 0 Å². The highest BCUT2D eigenvalue weighted by Crippen LogP contribution is 2.79. The van der Waals surface area contributed by atoms with Crippen molar-refractivity contribution in [1.82, 2.24) is 0 Å².